The molecule has 98 valence electrons. The van der Waals surface area contributed by atoms with Gasteiger partial charge in [-0.3, -0.25) is 4.90 Å². The van der Waals surface area contributed by atoms with Crippen LogP contribution in [0.15, 0.2) is 0 Å². The number of aliphatic hydroxyl groups is 2. The quantitative estimate of drug-likeness (QED) is 0.568. The molecule has 2 N–H and O–H groups in total. The number of unbranched alkanes of at least 4 members (excludes halogenated alkanes) is 2. The second-order valence-electron chi connectivity index (χ2n) is 4.48. The lowest BCUT2D eigenvalue weighted by Gasteiger charge is -2.32. The average Bonchev–Trinajstić information content (AvgIpc) is 2.29. The first-order valence-electron chi connectivity index (χ1n) is 6.79. The first-order chi connectivity index (χ1) is 7.67. The molecular weight excluding hydrogens is 202 g/mol. The Kier molecular flexibility index (Phi) is 9.99. The fraction of sp³-hybridized carbons (Fsp3) is 1.00. The van der Waals surface area contributed by atoms with Gasteiger partial charge in [0.15, 0.2) is 0 Å². The normalized spacial score (nSPS) is 15.4. The van der Waals surface area contributed by atoms with Crippen LogP contribution < -0.4 is 0 Å². The van der Waals surface area contributed by atoms with Gasteiger partial charge >= 0.3 is 0 Å². The second kappa shape index (κ2) is 10.1. The van der Waals surface area contributed by atoms with E-state index in [0.717, 1.165) is 51.5 Å². The van der Waals surface area contributed by atoms with Crippen LogP contribution in [-0.4, -0.2) is 34.1 Å². The Morgan fingerprint density at radius 2 is 1.25 bits per heavy atom. The molecule has 0 radical (unpaired) electrons. The lowest BCUT2D eigenvalue weighted by Crippen LogP contribution is -2.43. The summed E-state index contributed by atoms with van der Waals surface area (Å²) in [5, 5.41) is 20.0. The van der Waals surface area contributed by atoms with Crippen molar-refractivity contribution in [3.05, 3.63) is 0 Å². The van der Waals surface area contributed by atoms with Crippen LogP contribution in [0.2, 0.25) is 0 Å². The molecule has 16 heavy (non-hydrogen) atoms. The third kappa shape index (κ3) is 6.46. The maximum atomic E-state index is 10.0. The monoisotopic (exact) mass is 231 g/mol. The van der Waals surface area contributed by atoms with Crippen molar-refractivity contribution in [2.75, 3.05) is 6.54 Å². The van der Waals surface area contributed by atoms with Crippen molar-refractivity contribution < 1.29 is 10.2 Å². The molecule has 0 aromatic rings. The van der Waals surface area contributed by atoms with E-state index in [9.17, 15) is 10.2 Å². The number of rotatable bonds is 10. The van der Waals surface area contributed by atoms with Gasteiger partial charge in [0.2, 0.25) is 0 Å². The summed E-state index contributed by atoms with van der Waals surface area (Å²) < 4.78 is 0. The Labute approximate surface area is 100 Å². The van der Waals surface area contributed by atoms with Crippen molar-refractivity contribution in [1.82, 2.24) is 4.90 Å². The molecule has 0 aliphatic carbocycles. The molecule has 0 saturated heterocycles. The smallest absolute Gasteiger partial charge is 0.109 e. The third-order valence-corrected chi connectivity index (χ3v) is 2.88. The number of hydrogen-bond donors (Lipinski definition) is 2. The summed E-state index contributed by atoms with van der Waals surface area (Å²) in [6, 6.07) is 0. The zero-order valence-electron chi connectivity index (χ0n) is 11.2. The van der Waals surface area contributed by atoms with Gasteiger partial charge in [-0.15, -0.1) is 0 Å². The molecule has 0 fully saturated rings. The summed E-state index contributed by atoms with van der Waals surface area (Å²) in [4.78, 5) is 1.84. The van der Waals surface area contributed by atoms with Crippen LogP contribution in [0.3, 0.4) is 0 Å². The number of hydrogen-bond acceptors (Lipinski definition) is 3. The van der Waals surface area contributed by atoms with Crippen molar-refractivity contribution >= 4 is 0 Å². The van der Waals surface area contributed by atoms with Crippen molar-refractivity contribution in [3.63, 3.8) is 0 Å². The van der Waals surface area contributed by atoms with Crippen molar-refractivity contribution in [3.8, 4) is 0 Å². The van der Waals surface area contributed by atoms with Gasteiger partial charge < -0.3 is 10.2 Å². The van der Waals surface area contributed by atoms with Gasteiger partial charge in [0, 0.05) is 6.54 Å². The minimum absolute atomic E-state index is 0.480. The van der Waals surface area contributed by atoms with Gasteiger partial charge in [0.05, 0.1) is 0 Å². The fourth-order valence-corrected chi connectivity index (χ4v) is 1.86. The van der Waals surface area contributed by atoms with Crippen LogP contribution >= 0.6 is 0 Å². The summed E-state index contributed by atoms with van der Waals surface area (Å²) in [5.41, 5.74) is 0. The maximum absolute atomic E-state index is 10.0. The van der Waals surface area contributed by atoms with E-state index in [4.69, 9.17) is 0 Å². The van der Waals surface area contributed by atoms with Gasteiger partial charge in [-0.05, 0) is 32.1 Å². The van der Waals surface area contributed by atoms with Crippen LogP contribution in [0.25, 0.3) is 0 Å². The first kappa shape index (κ1) is 15.9. The minimum atomic E-state index is -0.480. The Morgan fingerprint density at radius 3 is 1.56 bits per heavy atom. The van der Waals surface area contributed by atoms with Crippen LogP contribution in [0.1, 0.15) is 65.7 Å². The summed E-state index contributed by atoms with van der Waals surface area (Å²) in [7, 11) is 0. The highest BCUT2D eigenvalue weighted by atomic mass is 16.3. The zero-order valence-corrected chi connectivity index (χ0v) is 11.2. The maximum Gasteiger partial charge on any atom is 0.109 e. The molecule has 0 rings (SSSR count). The van der Waals surface area contributed by atoms with Gasteiger partial charge in [0.1, 0.15) is 12.5 Å². The van der Waals surface area contributed by atoms with E-state index in [0.29, 0.717) is 0 Å². The van der Waals surface area contributed by atoms with E-state index in [1.165, 1.54) is 0 Å². The van der Waals surface area contributed by atoms with Gasteiger partial charge in [-0.2, -0.15) is 0 Å². The molecule has 0 bridgehead atoms. The zero-order chi connectivity index (χ0) is 12.4. The van der Waals surface area contributed by atoms with E-state index in [1.807, 2.05) is 4.90 Å². The number of nitrogens with zero attached hydrogens (tertiary/aromatic N) is 1. The summed E-state index contributed by atoms with van der Waals surface area (Å²) in [6.07, 6.45) is 5.73. The van der Waals surface area contributed by atoms with Crippen LogP contribution in [0.4, 0.5) is 0 Å². The summed E-state index contributed by atoms with van der Waals surface area (Å²) >= 11 is 0. The third-order valence-electron chi connectivity index (χ3n) is 2.88. The highest BCUT2D eigenvalue weighted by molar-refractivity contribution is 4.65. The average molecular weight is 231 g/mol. The molecule has 0 aromatic heterocycles. The molecule has 3 heteroatoms. The molecular formula is C13H29NO2. The predicted octanol–water partition coefficient (Wildman–Crippen LogP) is 2.72. The largest absolute Gasteiger partial charge is 0.378 e. The van der Waals surface area contributed by atoms with E-state index >= 15 is 0 Å². The SMILES string of the molecule is CCCCC(O)N(CCC)C(O)CCCC. The molecule has 2 atom stereocenters. The minimum Gasteiger partial charge on any atom is -0.378 e. The van der Waals surface area contributed by atoms with Crippen molar-refractivity contribution in [1.29, 1.82) is 0 Å². The van der Waals surface area contributed by atoms with Crippen molar-refractivity contribution in [2.24, 2.45) is 0 Å². The Balaban J connectivity index is 4.10. The van der Waals surface area contributed by atoms with Crippen LogP contribution in [-0.2, 0) is 0 Å². The highest BCUT2D eigenvalue weighted by Crippen LogP contribution is 2.13. The van der Waals surface area contributed by atoms with E-state index in [1.54, 1.807) is 0 Å². The lowest BCUT2D eigenvalue weighted by atomic mass is 10.1. The van der Waals surface area contributed by atoms with Crippen LogP contribution in [0.5, 0.6) is 0 Å². The Hall–Kier alpha value is -0.120. The van der Waals surface area contributed by atoms with E-state index < -0.39 is 12.5 Å². The Morgan fingerprint density at radius 1 is 0.812 bits per heavy atom. The van der Waals surface area contributed by atoms with E-state index in [2.05, 4.69) is 20.8 Å². The number of aliphatic hydroxyl groups excluding tert-OH is 2. The summed E-state index contributed by atoms with van der Waals surface area (Å²) in [6.45, 7) is 7.08. The highest BCUT2D eigenvalue weighted by Gasteiger charge is 2.21. The van der Waals surface area contributed by atoms with Gasteiger partial charge in [-0.1, -0.05) is 33.6 Å². The van der Waals surface area contributed by atoms with Gasteiger partial charge in [0.25, 0.3) is 0 Å². The van der Waals surface area contributed by atoms with Gasteiger partial charge in [-0.25, -0.2) is 0 Å². The lowest BCUT2D eigenvalue weighted by molar-refractivity contribution is -0.108. The molecule has 0 spiro atoms. The second-order valence-corrected chi connectivity index (χ2v) is 4.48. The van der Waals surface area contributed by atoms with E-state index in [-0.39, 0.29) is 0 Å². The molecule has 0 saturated carbocycles. The first-order valence-corrected chi connectivity index (χ1v) is 6.79. The molecule has 0 amide bonds. The molecule has 0 aliphatic rings. The van der Waals surface area contributed by atoms with Crippen LogP contribution in [0, 0.1) is 0 Å². The Bertz CT molecular complexity index is 139. The van der Waals surface area contributed by atoms with Crippen molar-refractivity contribution in [2.45, 2.75) is 78.2 Å². The molecule has 0 heterocycles. The topological polar surface area (TPSA) is 43.7 Å². The predicted molar refractivity (Wildman–Crippen MR) is 68.1 cm³/mol. The molecule has 0 aliphatic heterocycles. The fourth-order valence-electron chi connectivity index (χ4n) is 1.86. The molecule has 2 unspecified atom stereocenters. The molecule has 0 aromatic carbocycles. The summed E-state index contributed by atoms with van der Waals surface area (Å²) in [5.74, 6) is 0. The standard InChI is InChI=1S/C13H29NO2/c1-4-7-9-12(15)14(11-6-3)13(16)10-8-5-2/h12-13,15-16H,4-11H2,1-3H3. The molecule has 3 nitrogen and oxygen atoms in total.